The largest absolute Gasteiger partial charge is 0.508 e. The summed E-state index contributed by atoms with van der Waals surface area (Å²) in [4.78, 5) is 54.5. The lowest BCUT2D eigenvalue weighted by Crippen LogP contribution is -2.42. The van der Waals surface area contributed by atoms with Crippen molar-refractivity contribution in [2.45, 2.75) is 29.0 Å². The third-order valence-electron chi connectivity index (χ3n) is 7.62. The Morgan fingerprint density at radius 3 is 2.47 bits per heavy atom. The van der Waals surface area contributed by atoms with Crippen molar-refractivity contribution in [1.29, 1.82) is 0 Å². The molecule has 4 aliphatic rings. The van der Waals surface area contributed by atoms with Gasteiger partial charge in [0.2, 0.25) is 11.8 Å². The highest BCUT2D eigenvalue weighted by molar-refractivity contribution is 8.00. The van der Waals surface area contributed by atoms with E-state index >= 15 is 0 Å². The number of imide groups is 1. The van der Waals surface area contributed by atoms with Crippen LogP contribution in [0.1, 0.15) is 29.2 Å². The van der Waals surface area contributed by atoms with Crippen LogP contribution in [0.4, 0.5) is 0 Å². The van der Waals surface area contributed by atoms with Crippen molar-refractivity contribution in [3.63, 3.8) is 0 Å². The molecule has 1 saturated heterocycles. The minimum Gasteiger partial charge on any atom is -0.508 e. The number of aliphatic carboxylic acids is 1. The zero-order valence-electron chi connectivity index (χ0n) is 16.8. The molecule has 0 spiro atoms. The lowest BCUT2D eigenvalue weighted by Gasteiger charge is -2.43. The van der Waals surface area contributed by atoms with Crippen LogP contribution in [0.25, 0.3) is 0 Å². The Morgan fingerprint density at radius 1 is 1.09 bits per heavy atom. The van der Waals surface area contributed by atoms with Crippen molar-refractivity contribution >= 4 is 40.9 Å². The van der Waals surface area contributed by atoms with Crippen molar-refractivity contribution in [1.82, 2.24) is 9.88 Å². The molecule has 1 aromatic carbocycles. The van der Waals surface area contributed by atoms with Gasteiger partial charge < -0.3 is 15.2 Å². The van der Waals surface area contributed by atoms with Crippen molar-refractivity contribution < 1.29 is 24.6 Å². The number of benzene rings is 1. The monoisotopic (exact) mass is 472 g/mol. The fraction of sp³-hybridized carbons (Fsp3) is 0.455. The van der Waals surface area contributed by atoms with E-state index in [0.29, 0.717) is 0 Å². The number of nitrogens with zero attached hydrogens (tertiary/aromatic N) is 1. The second-order valence-electron chi connectivity index (χ2n) is 9.02. The molecule has 2 saturated carbocycles. The number of thiazole rings is 1. The minimum atomic E-state index is -1.03. The molecule has 2 aliphatic carbocycles. The first kappa shape index (κ1) is 20.0. The van der Waals surface area contributed by atoms with E-state index in [1.807, 2.05) is 12.1 Å². The number of aromatic nitrogens is 1. The van der Waals surface area contributed by atoms with Crippen LogP contribution in [-0.2, 0) is 14.4 Å². The average molecular weight is 473 g/mol. The number of hydrogen-bond acceptors (Lipinski definition) is 7. The average Bonchev–Trinajstić information content (AvgIpc) is 3.47. The predicted molar refractivity (Wildman–Crippen MR) is 116 cm³/mol. The highest BCUT2D eigenvalue weighted by atomic mass is 32.2. The van der Waals surface area contributed by atoms with E-state index < -0.39 is 17.8 Å². The Labute approximate surface area is 190 Å². The second-order valence-corrected chi connectivity index (χ2v) is 11.2. The summed E-state index contributed by atoms with van der Waals surface area (Å²) in [6, 6.07) is 7.00. The molecular weight excluding hydrogens is 452 g/mol. The summed E-state index contributed by atoms with van der Waals surface area (Å²) < 4.78 is 0. The number of likely N-dealkylation sites (tertiary alicyclic amines) is 1. The topological polar surface area (TPSA) is 128 Å². The van der Waals surface area contributed by atoms with Gasteiger partial charge in [-0.3, -0.25) is 24.1 Å². The number of fused-ring (bicyclic) bond motifs is 9. The van der Waals surface area contributed by atoms with Crippen LogP contribution in [0.3, 0.4) is 0 Å². The van der Waals surface area contributed by atoms with Crippen LogP contribution in [0.5, 0.6) is 5.75 Å². The molecule has 0 unspecified atom stereocenters. The summed E-state index contributed by atoms with van der Waals surface area (Å²) in [6.07, 6.45) is 0.540. The van der Waals surface area contributed by atoms with E-state index in [4.69, 9.17) is 5.11 Å². The second kappa shape index (κ2) is 6.95. The maximum absolute atomic E-state index is 13.2. The normalized spacial score (nSPS) is 34.5. The number of carboxylic acid groups (broad SMARTS) is 1. The number of carboxylic acids is 1. The van der Waals surface area contributed by atoms with E-state index in [9.17, 15) is 24.3 Å². The lowest BCUT2D eigenvalue weighted by molar-refractivity contribution is -0.142. The predicted octanol–water partition coefficient (Wildman–Crippen LogP) is 2.09. The SMILES string of the molecule is O=C(O)CCN1C(=O)[C@@H]2[C@@H]3C[C@@H]([C@H]4Sc5[nH]c(=O)sc5[C@@H](c5ccc(O)cc5)[C@@H]34)[C@@H]2C1=O. The van der Waals surface area contributed by atoms with Gasteiger partial charge in [0.1, 0.15) is 5.75 Å². The summed E-state index contributed by atoms with van der Waals surface area (Å²) in [6.45, 7) is -0.0794. The number of amides is 2. The molecule has 8 nitrogen and oxygen atoms in total. The van der Waals surface area contributed by atoms with Crippen molar-refractivity contribution in [2.24, 2.45) is 29.6 Å². The zero-order chi connectivity index (χ0) is 22.3. The van der Waals surface area contributed by atoms with Gasteiger partial charge in [-0.25, -0.2) is 0 Å². The van der Waals surface area contributed by atoms with Crippen LogP contribution >= 0.6 is 23.1 Å². The number of H-pyrrole nitrogens is 1. The Kier molecular flexibility index (Phi) is 4.36. The number of aromatic amines is 1. The summed E-state index contributed by atoms with van der Waals surface area (Å²) in [5.41, 5.74) is 0.984. The standard InChI is InChI=1S/C22H20N2O6S2/c25-9-3-1-8(2-4-9)13-14-10-7-11(17(14)31-19-18(13)32-22(30)23-19)16-15(10)20(28)24(21(16)29)6-5-12(26)27/h1-4,10-11,13-17,25H,5-7H2,(H,23,30)(H,26,27)/t10-,11-,13+,14-,15-,16+,17-/m1/s1. The number of thioether (sulfide) groups is 1. The number of carbonyl (C=O) groups is 3. The van der Waals surface area contributed by atoms with Crippen LogP contribution in [0, 0.1) is 29.6 Å². The molecule has 10 heteroatoms. The molecule has 166 valence electrons. The Morgan fingerprint density at radius 2 is 1.78 bits per heavy atom. The lowest BCUT2D eigenvalue weighted by atomic mass is 9.68. The van der Waals surface area contributed by atoms with E-state index in [0.717, 1.165) is 26.8 Å². The van der Waals surface area contributed by atoms with Gasteiger partial charge >= 0.3 is 10.8 Å². The molecule has 2 bridgehead atoms. The first-order valence-corrected chi connectivity index (χ1v) is 12.3. The molecule has 32 heavy (non-hydrogen) atoms. The van der Waals surface area contributed by atoms with Crippen LogP contribution in [-0.4, -0.2) is 49.7 Å². The van der Waals surface area contributed by atoms with Gasteiger partial charge in [0.25, 0.3) is 0 Å². The van der Waals surface area contributed by atoms with Gasteiger partial charge in [-0.05, 0) is 41.9 Å². The Bertz CT molecular complexity index is 1200. The van der Waals surface area contributed by atoms with E-state index in [2.05, 4.69) is 4.98 Å². The van der Waals surface area contributed by atoms with Crippen molar-refractivity contribution in [3.05, 3.63) is 44.4 Å². The number of rotatable bonds is 4. The molecule has 6 rings (SSSR count). The number of nitrogens with one attached hydrogen (secondary N) is 1. The van der Waals surface area contributed by atoms with Crippen LogP contribution < -0.4 is 4.87 Å². The molecule has 2 aliphatic heterocycles. The number of aromatic hydroxyl groups is 1. The maximum Gasteiger partial charge on any atom is 0.305 e. The van der Waals surface area contributed by atoms with Crippen LogP contribution in [0.15, 0.2) is 34.1 Å². The van der Waals surface area contributed by atoms with E-state index in [1.54, 1.807) is 23.9 Å². The quantitative estimate of drug-likeness (QED) is 0.582. The molecule has 2 aromatic rings. The summed E-state index contributed by atoms with van der Waals surface area (Å²) in [7, 11) is 0. The Balaban J connectivity index is 1.41. The molecule has 2 amide bonds. The summed E-state index contributed by atoms with van der Waals surface area (Å²) >= 11 is 2.80. The van der Waals surface area contributed by atoms with Gasteiger partial charge in [-0.1, -0.05) is 23.5 Å². The molecular formula is C22H20N2O6S2. The van der Waals surface area contributed by atoms with Crippen LogP contribution in [0.2, 0.25) is 0 Å². The zero-order valence-corrected chi connectivity index (χ0v) is 18.4. The fourth-order valence-electron chi connectivity index (χ4n) is 6.56. The third kappa shape index (κ3) is 2.68. The fourth-order valence-corrected chi connectivity index (χ4v) is 9.45. The van der Waals surface area contributed by atoms with Gasteiger partial charge in [-0.2, -0.15) is 0 Å². The highest BCUT2D eigenvalue weighted by Crippen LogP contribution is 2.68. The molecule has 1 aromatic heterocycles. The highest BCUT2D eigenvalue weighted by Gasteiger charge is 2.69. The smallest absolute Gasteiger partial charge is 0.305 e. The molecule has 7 atom stereocenters. The number of carbonyl (C=O) groups excluding carboxylic acids is 2. The molecule has 0 radical (unpaired) electrons. The van der Waals surface area contributed by atoms with E-state index in [1.165, 1.54) is 11.3 Å². The summed E-state index contributed by atoms with van der Waals surface area (Å²) in [5, 5.41) is 19.7. The number of phenols is 1. The van der Waals surface area contributed by atoms with E-state index in [-0.39, 0.29) is 64.3 Å². The van der Waals surface area contributed by atoms with Crippen molar-refractivity contribution in [2.75, 3.05) is 6.54 Å². The summed E-state index contributed by atoms with van der Waals surface area (Å²) in [5.74, 6) is -2.15. The molecule has 3 heterocycles. The first-order chi connectivity index (χ1) is 15.3. The third-order valence-corrected chi connectivity index (χ3v) is 10.2. The van der Waals surface area contributed by atoms with Crippen molar-refractivity contribution in [3.8, 4) is 5.75 Å². The first-order valence-electron chi connectivity index (χ1n) is 10.6. The van der Waals surface area contributed by atoms with Gasteiger partial charge in [0.05, 0.1) is 23.3 Å². The van der Waals surface area contributed by atoms with Gasteiger partial charge in [0, 0.05) is 22.6 Å². The molecule has 3 fully saturated rings. The van der Waals surface area contributed by atoms with Gasteiger partial charge in [-0.15, -0.1) is 11.8 Å². The maximum atomic E-state index is 13.2. The molecule has 3 N–H and O–H groups in total. The number of hydrogen-bond donors (Lipinski definition) is 3. The van der Waals surface area contributed by atoms with Gasteiger partial charge in [0.15, 0.2) is 0 Å². The minimum absolute atomic E-state index is 0.00191. The Hall–Kier alpha value is -2.59. The number of phenolic OH excluding ortho intramolecular Hbond substituents is 1.